The number of benzene rings is 3. The van der Waals surface area contributed by atoms with Crippen LogP contribution in [0.2, 0.25) is 0 Å². The highest BCUT2D eigenvalue weighted by molar-refractivity contribution is 5.91. The average molecular weight is 415 g/mol. The lowest BCUT2D eigenvalue weighted by atomic mass is 10.1. The summed E-state index contributed by atoms with van der Waals surface area (Å²) in [5.41, 5.74) is 3.29. The number of amides is 1. The number of para-hydroxylation sites is 1. The van der Waals surface area contributed by atoms with Crippen molar-refractivity contribution in [3.05, 3.63) is 79.1 Å². The second-order valence-electron chi connectivity index (χ2n) is 6.65. The van der Waals surface area contributed by atoms with E-state index in [0.717, 1.165) is 16.9 Å². The summed E-state index contributed by atoms with van der Waals surface area (Å²) in [5.74, 6) is 1.17. The van der Waals surface area contributed by atoms with Gasteiger partial charge in [-0.25, -0.2) is 0 Å². The van der Waals surface area contributed by atoms with Crippen molar-refractivity contribution >= 4 is 11.6 Å². The van der Waals surface area contributed by atoms with E-state index in [1.165, 1.54) is 11.0 Å². The highest BCUT2D eigenvalue weighted by atomic mass is 16.5. The van der Waals surface area contributed by atoms with Gasteiger partial charge in [-0.1, -0.05) is 48.5 Å². The van der Waals surface area contributed by atoms with Crippen molar-refractivity contribution in [2.75, 3.05) is 19.0 Å². The Morgan fingerprint density at radius 2 is 1.81 bits per heavy atom. The molecule has 0 unspecified atom stereocenters. The largest absolute Gasteiger partial charge is 0.494 e. The van der Waals surface area contributed by atoms with Gasteiger partial charge in [0.25, 0.3) is 0 Å². The molecule has 0 bridgehead atoms. The van der Waals surface area contributed by atoms with Gasteiger partial charge in [-0.05, 0) is 40.3 Å². The first-order valence-corrected chi connectivity index (χ1v) is 9.73. The molecule has 4 aromatic rings. The van der Waals surface area contributed by atoms with Crippen molar-refractivity contribution in [3.63, 3.8) is 0 Å². The smallest absolute Gasteiger partial charge is 0.227 e. The van der Waals surface area contributed by atoms with Crippen LogP contribution in [-0.2, 0) is 4.79 Å². The van der Waals surface area contributed by atoms with E-state index >= 15 is 0 Å². The summed E-state index contributed by atoms with van der Waals surface area (Å²) in [5, 5.41) is 14.0. The Morgan fingerprint density at radius 1 is 1.00 bits per heavy atom. The van der Waals surface area contributed by atoms with Gasteiger partial charge >= 0.3 is 0 Å². The molecule has 0 radical (unpaired) electrons. The maximum Gasteiger partial charge on any atom is 0.227 e. The minimum absolute atomic E-state index is 0.162. The van der Waals surface area contributed by atoms with Crippen molar-refractivity contribution in [1.82, 2.24) is 20.2 Å². The number of tetrazole rings is 1. The van der Waals surface area contributed by atoms with E-state index in [1.54, 1.807) is 25.3 Å². The molecule has 0 saturated heterocycles. The predicted molar refractivity (Wildman–Crippen MR) is 116 cm³/mol. The molecule has 0 aliphatic heterocycles. The van der Waals surface area contributed by atoms with Gasteiger partial charge in [0, 0.05) is 11.3 Å². The standard InChI is InChI=1S/C23H21N5O3/c1-30-22-12-11-18(15-20(22)28-16-24-26-27-28)25-23(29)13-14-31-21-10-6-5-9-19(21)17-7-3-2-4-8-17/h2-12,15-16H,13-14H2,1H3,(H,25,29). The van der Waals surface area contributed by atoms with Crippen molar-refractivity contribution in [1.29, 1.82) is 0 Å². The molecule has 0 saturated carbocycles. The first-order chi connectivity index (χ1) is 15.2. The zero-order chi connectivity index (χ0) is 21.5. The Kier molecular flexibility index (Phi) is 6.18. The molecule has 156 valence electrons. The summed E-state index contributed by atoms with van der Waals surface area (Å²) in [6, 6.07) is 23.0. The monoisotopic (exact) mass is 415 g/mol. The summed E-state index contributed by atoms with van der Waals surface area (Å²) in [6.07, 6.45) is 1.66. The number of aromatic nitrogens is 4. The van der Waals surface area contributed by atoms with Crippen LogP contribution in [0.4, 0.5) is 5.69 Å². The summed E-state index contributed by atoms with van der Waals surface area (Å²) in [6.45, 7) is 0.256. The zero-order valence-electron chi connectivity index (χ0n) is 16.9. The molecule has 8 heteroatoms. The fourth-order valence-corrected chi connectivity index (χ4v) is 3.14. The quantitative estimate of drug-likeness (QED) is 0.471. The third-order valence-electron chi connectivity index (χ3n) is 4.62. The van der Waals surface area contributed by atoms with Gasteiger partial charge in [0.15, 0.2) is 0 Å². The van der Waals surface area contributed by atoms with E-state index in [-0.39, 0.29) is 18.9 Å². The third kappa shape index (κ3) is 4.87. The number of ether oxygens (including phenoxy) is 2. The number of nitrogens with one attached hydrogen (secondary N) is 1. The summed E-state index contributed by atoms with van der Waals surface area (Å²) in [4.78, 5) is 12.4. The number of nitrogens with zero attached hydrogens (tertiary/aromatic N) is 4. The maximum atomic E-state index is 12.4. The molecule has 0 aliphatic rings. The number of carbonyl (C=O) groups is 1. The maximum absolute atomic E-state index is 12.4. The number of anilines is 1. The molecule has 31 heavy (non-hydrogen) atoms. The normalized spacial score (nSPS) is 10.5. The number of hydrogen-bond acceptors (Lipinski definition) is 6. The Bertz CT molecular complexity index is 1150. The highest BCUT2D eigenvalue weighted by Crippen LogP contribution is 2.29. The molecule has 0 fully saturated rings. The molecule has 3 aromatic carbocycles. The molecule has 1 amide bonds. The number of methoxy groups -OCH3 is 1. The number of rotatable bonds is 8. The molecule has 0 aliphatic carbocycles. The van der Waals surface area contributed by atoms with E-state index in [4.69, 9.17) is 9.47 Å². The predicted octanol–water partition coefficient (Wildman–Crippen LogP) is 3.75. The molecule has 1 heterocycles. The number of carbonyl (C=O) groups excluding carboxylic acids is 1. The summed E-state index contributed by atoms with van der Waals surface area (Å²) < 4.78 is 12.7. The molecular weight excluding hydrogens is 394 g/mol. The molecule has 8 nitrogen and oxygen atoms in total. The minimum atomic E-state index is -0.162. The SMILES string of the molecule is COc1ccc(NC(=O)CCOc2ccccc2-c2ccccc2)cc1-n1cnnn1. The van der Waals surface area contributed by atoms with Crippen LogP contribution in [0, 0.1) is 0 Å². The van der Waals surface area contributed by atoms with Crippen molar-refractivity contribution in [2.24, 2.45) is 0 Å². The minimum Gasteiger partial charge on any atom is -0.494 e. The van der Waals surface area contributed by atoms with Crippen LogP contribution in [-0.4, -0.2) is 39.8 Å². The zero-order valence-corrected chi connectivity index (χ0v) is 16.9. The van der Waals surface area contributed by atoms with E-state index < -0.39 is 0 Å². The average Bonchev–Trinajstić information content (AvgIpc) is 3.35. The molecule has 4 rings (SSSR count). The van der Waals surface area contributed by atoms with Gasteiger partial charge in [0.2, 0.25) is 5.91 Å². The van der Waals surface area contributed by atoms with E-state index in [2.05, 4.69) is 20.8 Å². The van der Waals surface area contributed by atoms with Crippen LogP contribution < -0.4 is 14.8 Å². The topological polar surface area (TPSA) is 91.2 Å². The van der Waals surface area contributed by atoms with Crippen molar-refractivity contribution < 1.29 is 14.3 Å². The van der Waals surface area contributed by atoms with Gasteiger partial charge in [0.1, 0.15) is 23.5 Å². The van der Waals surface area contributed by atoms with Gasteiger partial charge in [0.05, 0.1) is 20.1 Å². The van der Waals surface area contributed by atoms with Gasteiger partial charge in [-0.3, -0.25) is 4.79 Å². The molecule has 1 N–H and O–H groups in total. The second-order valence-corrected chi connectivity index (χ2v) is 6.65. The van der Waals surface area contributed by atoms with Crippen molar-refractivity contribution in [2.45, 2.75) is 6.42 Å². The highest BCUT2D eigenvalue weighted by Gasteiger charge is 2.11. The fraction of sp³-hybridized carbons (Fsp3) is 0.130. The van der Waals surface area contributed by atoms with Crippen LogP contribution in [0.15, 0.2) is 79.1 Å². The summed E-state index contributed by atoms with van der Waals surface area (Å²) >= 11 is 0. The van der Waals surface area contributed by atoms with Gasteiger partial charge in [-0.2, -0.15) is 4.68 Å². The Hall–Kier alpha value is -4.20. The Balaban J connectivity index is 1.38. The van der Waals surface area contributed by atoms with Crippen LogP contribution >= 0.6 is 0 Å². The first kappa shape index (κ1) is 20.1. The summed E-state index contributed by atoms with van der Waals surface area (Å²) in [7, 11) is 1.56. The van der Waals surface area contributed by atoms with Crippen molar-refractivity contribution in [3.8, 4) is 28.3 Å². The molecule has 1 aromatic heterocycles. The Morgan fingerprint density at radius 3 is 2.58 bits per heavy atom. The molecular formula is C23H21N5O3. The van der Waals surface area contributed by atoms with Crippen LogP contribution in [0.1, 0.15) is 6.42 Å². The lowest BCUT2D eigenvalue weighted by Gasteiger charge is -2.13. The van der Waals surface area contributed by atoms with Gasteiger partial charge < -0.3 is 14.8 Å². The second kappa shape index (κ2) is 9.53. The third-order valence-corrected chi connectivity index (χ3v) is 4.62. The Labute approximate surface area is 179 Å². The lowest BCUT2D eigenvalue weighted by Crippen LogP contribution is -2.15. The molecule has 0 atom stereocenters. The fourth-order valence-electron chi connectivity index (χ4n) is 3.14. The molecule has 0 spiro atoms. The van der Waals surface area contributed by atoms with Crippen LogP contribution in [0.25, 0.3) is 16.8 Å². The van der Waals surface area contributed by atoms with Crippen LogP contribution in [0.3, 0.4) is 0 Å². The lowest BCUT2D eigenvalue weighted by molar-refractivity contribution is -0.116. The van der Waals surface area contributed by atoms with Crippen LogP contribution in [0.5, 0.6) is 11.5 Å². The van der Waals surface area contributed by atoms with E-state index in [0.29, 0.717) is 17.1 Å². The first-order valence-electron chi connectivity index (χ1n) is 9.73. The van der Waals surface area contributed by atoms with Gasteiger partial charge in [-0.15, -0.1) is 5.10 Å². The van der Waals surface area contributed by atoms with E-state index in [9.17, 15) is 4.79 Å². The number of hydrogen-bond donors (Lipinski definition) is 1. The van der Waals surface area contributed by atoms with E-state index in [1.807, 2.05) is 54.6 Å².